The van der Waals surface area contributed by atoms with Crippen LogP contribution >= 0.6 is 0 Å². The molecule has 10 heteroatoms. The van der Waals surface area contributed by atoms with Gasteiger partial charge in [0.05, 0.1) is 20.8 Å². The number of hydrogen-bond donors (Lipinski definition) is 2. The van der Waals surface area contributed by atoms with E-state index in [0.29, 0.717) is 43.9 Å². The highest BCUT2D eigenvalue weighted by Gasteiger charge is 2.32. The van der Waals surface area contributed by atoms with Crippen LogP contribution in [0.3, 0.4) is 0 Å². The number of carbonyl (C=O) groups is 2. The van der Waals surface area contributed by atoms with Gasteiger partial charge in [-0.2, -0.15) is 0 Å². The molecule has 10 nitrogen and oxygen atoms in total. The zero-order valence-electron chi connectivity index (χ0n) is 24.2. The molecular weight excluding hydrogens is 504 g/mol. The SMILES string of the molecule is COc1ccc(C=CC(=O)N2CCCCOC[C@@H](O)[C@@H](O)[C@H](OC)CN(C(C)=O)C[C@@H]2CC(C)C)cc1OC. The van der Waals surface area contributed by atoms with E-state index < -0.39 is 18.3 Å². The lowest BCUT2D eigenvalue weighted by atomic mass is 10.00. The van der Waals surface area contributed by atoms with Crippen LogP contribution in [0.15, 0.2) is 24.3 Å². The van der Waals surface area contributed by atoms with Gasteiger partial charge in [-0.05, 0) is 49.0 Å². The van der Waals surface area contributed by atoms with Crippen LogP contribution in [0.1, 0.15) is 45.6 Å². The fourth-order valence-electron chi connectivity index (χ4n) is 4.70. The Bertz CT molecular complexity index is 938. The summed E-state index contributed by atoms with van der Waals surface area (Å²) in [6.07, 6.45) is 2.14. The lowest BCUT2D eigenvalue weighted by Crippen LogP contribution is -2.53. The number of ether oxygens (including phenoxy) is 4. The number of aliphatic hydroxyl groups excluding tert-OH is 2. The second-order valence-corrected chi connectivity index (χ2v) is 10.3. The van der Waals surface area contributed by atoms with Gasteiger partial charge in [0, 0.05) is 52.4 Å². The van der Waals surface area contributed by atoms with E-state index >= 15 is 0 Å². The van der Waals surface area contributed by atoms with E-state index in [2.05, 4.69) is 13.8 Å². The number of rotatable bonds is 7. The summed E-state index contributed by atoms with van der Waals surface area (Å²) in [5.74, 6) is 1.07. The molecule has 0 unspecified atom stereocenters. The lowest BCUT2D eigenvalue weighted by Gasteiger charge is -2.38. The molecule has 1 aromatic rings. The van der Waals surface area contributed by atoms with Crippen molar-refractivity contribution in [3.63, 3.8) is 0 Å². The van der Waals surface area contributed by atoms with Gasteiger partial charge in [0.1, 0.15) is 18.3 Å². The molecule has 220 valence electrons. The van der Waals surface area contributed by atoms with Crippen molar-refractivity contribution in [2.75, 3.05) is 54.2 Å². The third-order valence-corrected chi connectivity index (χ3v) is 6.87. The van der Waals surface area contributed by atoms with E-state index in [4.69, 9.17) is 18.9 Å². The Morgan fingerprint density at radius 3 is 2.44 bits per heavy atom. The number of methoxy groups -OCH3 is 3. The van der Waals surface area contributed by atoms with Crippen LogP contribution < -0.4 is 9.47 Å². The van der Waals surface area contributed by atoms with Crippen molar-refractivity contribution in [2.45, 2.75) is 64.4 Å². The lowest BCUT2D eigenvalue weighted by molar-refractivity contribution is -0.140. The van der Waals surface area contributed by atoms with Gasteiger partial charge in [0.15, 0.2) is 11.5 Å². The summed E-state index contributed by atoms with van der Waals surface area (Å²) in [5, 5.41) is 21.0. The van der Waals surface area contributed by atoms with Gasteiger partial charge in [-0.3, -0.25) is 9.59 Å². The van der Waals surface area contributed by atoms with Crippen LogP contribution in [0.4, 0.5) is 0 Å². The molecule has 0 aliphatic carbocycles. The van der Waals surface area contributed by atoms with Crippen molar-refractivity contribution in [3.8, 4) is 11.5 Å². The van der Waals surface area contributed by atoms with E-state index in [9.17, 15) is 19.8 Å². The third-order valence-electron chi connectivity index (χ3n) is 6.87. The predicted octanol–water partition coefficient (Wildman–Crippen LogP) is 2.36. The fraction of sp³-hybridized carbons (Fsp3) is 0.655. The highest BCUT2D eigenvalue weighted by atomic mass is 16.5. The summed E-state index contributed by atoms with van der Waals surface area (Å²) in [6, 6.07) is 5.17. The summed E-state index contributed by atoms with van der Waals surface area (Å²) in [6.45, 7) is 6.80. The number of hydrogen-bond acceptors (Lipinski definition) is 8. The molecule has 2 rings (SSSR count). The maximum atomic E-state index is 13.6. The largest absolute Gasteiger partial charge is 0.493 e. The number of carbonyl (C=O) groups excluding carboxylic acids is 2. The molecule has 4 atom stereocenters. The summed E-state index contributed by atoms with van der Waals surface area (Å²) >= 11 is 0. The van der Waals surface area contributed by atoms with Gasteiger partial charge in [-0.25, -0.2) is 0 Å². The Morgan fingerprint density at radius 2 is 1.82 bits per heavy atom. The van der Waals surface area contributed by atoms with E-state index in [1.807, 2.05) is 11.0 Å². The monoisotopic (exact) mass is 550 g/mol. The molecule has 1 fully saturated rings. The Hall–Kier alpha value is -2.66. The molecule has 1 aromatic carbocycles. The van der Waals surface area contributed by atoms with Gasteiger partial charge in [-0.1, -0.05) is 19.9 Å². The van der Waals surface area contributed by atoms with Crippen molar-refractivity contribution < 1.29 is 38.7 Å². The summed E-state index contributed by atoms with van der Waals surface area (Å²) in [4.78, 5) is 29.7. The van der Waals surface area contributed by atoms with Gasteiger partial charge in [0.2, 0.25) is 11.8 Å². The van der Waals surface area contributed by atoms with Gasteiger partial charge < -0.3 is 39.0 Å². The van der Waals surface area contributed by atoms with Crippen LogP contribution in [0.25, 0.3) is 6.08 Å². The number of nitrogens with zero attached hydrogens (tertiary/aromatic N) is 2. The van der Waals surface area contributed by atoms with Gasteiger partial charge >= 0.3 is 0 Å². The van der Waals surface area contributed by atoms with Crippen molar-refractivity contribution in [1.29, 1.82) is 0 Å². The normalized spacial score (nSPS) is 24.0. The first kappa shape index (κ1) is 32.6. The zero-order chi connectivity index (χ0) is 28.9. The number of benzene rings is 1. The maximum absolute atomic E-state index is 13.6. The van der Waals surface area contributed by atoms with Gasteiger partial charge in [-0.15, -0.1) is 0 Å². The highest BCUT2D eigenvalue weighted by Crippen LogP contribution is 2.28. The Morgan fingerprint density at radius 1 is 1.10 bits per heavy atom. The van der Waals surface area contributed by atoms with E-state index in [0.717, 1.165) is 5.56 Å². The van der Waals surface area contributed by atoms with Crippen molar-refractivity contribution >= 4 is 17.9 Å². The predicted molar refractivity (Wildman–Crippen MR) is 149 cm³/mol. The molecule has 1 heterocycles. The molecule has 1 saturated heterocycles. The molecule has 2 N–H and O–H groups in total. The van der Waals surface area contributed by atoms with Crippen molar-refractivity contribution in [1.82, 2.24) is 9.80 Å². The Labute approximate surface area is 232 Å². The fourth-order valence-corrected chi connectivity index (χ4v) is 4.70. The van der Waals surface area contributed by atoms with Crippen LogP contribution in [0.2, 0.25) is 0 Å². The van der Waals surface area contributed by atoms with Crippen LogP contribution in [0.5, 0.6) is 11.5 Å². The molecule has 0 bridgehead atoms. The minimum atomic E-state index is -1.23. The van der Waals surface area contributed by atoms with Crippen molar-refractivity contribution in [3.05, 3.63) is 29.8 Å². The minimum Gasteiger partial charge on any atom is -0.493 e. The molecule has 0 saturated carbocycles. The summed E-state index contributed by atoms with van der Waals surface area (Å²) < 4.78 is 21.7. The second kappa shape index (κ2) is 16.4. The zero-order valence-corrected chi connectivity index (χ0v) is 24.2. The smallest absolute Gasteiger partial charge is 0.246 e. The van der Waals surface area contributed by atoms with E-state index in [-0.39, 0.29) is 43.5 Å². The number of amides is 2. The quantitative estimate of drug-likeness (QED) is 0.497. The van der Waals surface area contributed by atoms with Crippen LogP contribution in [-0.2, 0) is 19.1 Å². The number of aliphatic hydroxyl groups is 2. The average Bonchev–Trinajstić information content (AvgIpc) is 2.91. The molecule has 0 aromatic heterocycles. The molecule has 39 heavy (non-hydrogen) atoms. The molecule has 0 radical (unpaired) electrons. The second-order valence-electron chi connectivity index (χ2n) is 10.3. The van der Waals surface area contributed by atoms with E-state index in [1.54, 1.807) is 43.4 Å². The van der Waals surface area contributed by atoms with Crippen LogP contribution in [0, 0.1) is 5.92 Å². The first-order valence-electron chi connectivity index (χ1n) is 13.5. The maximum Gasteiger partial charge on any atom is 0.246 e. The Kier molecular flexibility index (Phi) is 13.7. The molecular formula is C29H46N2O8. The topological polar surface area (TPSA) is 118 Å². The standard InChI is InChI=1S/C29H46N2O8/c1-20(2)15-23-17-30(21(3)32)18-27(38-6)29(35)24(33)19-39-14-8-7-13-31(23)28(34)12-10-22-9-11-25(36-4)26(16-22)37-5/h9-12,16,20,23-24,27,29,33,35H,7-8,13-15,17-19H2,1-6H3/t23-,24+,27+,29+/m0/s1. The van der Waals surface area contributed by atoms with E-state index in [1.165, 1.54) is 14.0 Å². The van der Waals surface area contributed by atoms with Crippen LogP contribution in [-0.4, -0.2) is 110 Å². The first-order valence-corrected chi connectivity index (χ1v) is 13.5. The molecule has 0 spiro atoms. The first-order chi connectivity index (χ1) is 18.6. The molecule has 1 aliphatic heterocycles. The Balaban J connectivity index is 2.38. The highest BCUT2D eigenvalue weighted by molar-refractivity contribution is 5.92. The molecule has 2 amide bonds. The molecule has 1 aliphatic rings. The summed E-state index contributed by atoms with van der Waals surface area (Å²) in [5.41, 5.74) is 0.790. The van der Waals surface area contributed by atoms with Gasteiger partial charge in [0.25, 0.3) is 0 Å². The summed E-state index contributed by atoms with van der Waals surface area (Å²) in [7, 11) is 4.56. The average molecular weight is 551 g/mol. The van der Waals surface area contributed by atoms with Crippen molar-refractivity contribution in [2.24, 2.45) is 5.92 Å². The third kappa shape index (κ3) is 10.1. The minimum absolute atomic E-state index is 0.0478.